The Balaban J connectivity index is 1.75. The average Bonchev–Trinajstić information content (AvgIpc) is 2.92. The first kappa shape index (κ1) is 15.0. The Kier molecular flexibility index (Phi) is 3.46. The summed E-state index contributed by atoms with van der Waals surface area (Å²) in [6, 6.07) is 16.8. The van der Waals surface area contributed by atoms with Crippen LogP contribution in [0.2, 0.25) is 0 Å². The lowest BCUT2D eigenvalue weighted by Gasteiger charge is -2.42. The van der Waals surface area contributed by atoms with E-state index in [0.717, 1.165) is 25.3 Å². The van der Waals surface area contributed by atoms with Gasteiger partial charge in [-0.2, -0.15) is 0 Å². The van der Waals surface area contributed by atoms with E-state index in [1.54, 1.807) is 0 Å². The van der Waals surface area contributed by atoms with E-state index < -0.39 is 0 Å². The Hall–Kier alpha value is -2.53. The van der Waals surface area contributed by atoms with Gasteiger partial charge in [-0.15, -0.1) is 0 Å². The number of rotatable bonds is 2. The molecule has 0 amide bonds. The van der Waals surface area contributed by atoms with E-state index in [0.29, 0.717) is 0 Å². The molecule has 5 heteroatoms. The third-order valence-electron chi connectivity index (χ3n) is 4.96. The van der Waals surface area contributed by atoms with Gasteiger partial charge in [-0.25, -0.2) is 4.99 Å². The fourth-order valence-corrected chi connectivity index (χ4v) is 3.89. The van der Waals surface area contributed by atoms with Gasteiger partial charge < -0.3 is 16.2 Å². The molecule has 4 N–H and O–H groups in total. The van der Waals surface area contributed by atoms with E-state index in [2.05, 4.69) is 46.3 Å². The second kappa shape index (κ2) is 5.53. The van der Waals surface area contributed by atoms with Gasteiger partial charge in [-0.3, -0.25) is 4.90 Å². The predicted octanol–water partition coefficient (Wildman–Crippen LogP) is 1.95. The van der Waals surface area contributed by atoms with Gasteiger partial charge in [0, 0.05) is 25.1 Å². The maximum Gasteiger partial charge on any atom is 0.187 e. The van der Waals surface area contributed by atoms with Crippen LogP contribution in [0.5, 0.6) is 5.75 Å². The largest absolute Gasteiger partial charge is 0.481 e. The van der Waals surface area contributed by atoms with Crippen LogP contribution >= 0.6 is 0 Å². The van der Waals surface area contributed by atoms with Crippen molar-refractivity contribution in [1.82, 2.24) is 4.90 Å². The molecule has 2 aromatic rings. The molecular formula is C19H22N4O. The Labute approximate surface area is 141 Å². The zero-order valence-electron chi connectivity index (χ0n) is 13.8. The van der Waals surface area contributed by atoms with Crippen molar-refractivity contribution in [1.29, 1.82) is 0 Å². The minimum Gasteiger partial charge on any atom is -0.481 e. The maximum atomic E-state index is 6.49. The Morgan fingerprint density at radius 2 is 1.83 bits per heavy atom. The highest BCUT2D eigenvalue weighted by Crippen LogP contribution is 2.45. The van der Waals surface area contributed by atoms with Gasteiger partial charge in [0.2, 0.25) is 0 Å². The van der Waals surface area contributed by atoms with Gasteiger partial charge in [-0.05, 0) is 24.1 Å². The summed E-state index contributed by atoms with van der Waals surface area (Å²) in [5, 5.41) is 0. The van der Waals surface area contributed by atoms with Crippen LogP contribution in [0.4, 0.5) is 0 Å². The van der Waals surface area contributed by atoms with Gasteiger partial charge in [-0.1, -0.05) is 42.5 Å². The van der Waals surface area contributed by atoms with Crippen molar-refractivity contribution in [3.05, 3.63) is 65.2 Å². The van der Waals surface area contributed by atoms with Crippen LogP contribution in [0.3, 0.4) is 0 Å². The Morgan fingerprint density at radius 1 is 1.12 bits per heavy atom. The van der Waals surface area contributed by atoms with Crippen molar-refractivity contribution in [2.24, 2.45) is 16.5 Å². The number of hydrogen-bond acceptors (Lipinski definition) is 3. The van der Waals surface area contributed by atoms with Crippen LogP contribution in [-0.4, -0.2) is 23.6 Å². The minimum atomic E-state index is -0.369. The van der Waals surface area contributed by atoms with Crippen LogP contribution in [0.25, 0.3) is 0 Å². The molecule has 2 aliphatic rings. The Bertz CT molecular complexity index is 772. The SMILES string of the molecule is CC(N=C(N)N)N1Cc2ccccc2C2(Cc3ccccc3O2)C1. The molecule has 124 valence electrons. The van der Waals surface area contributed by atoms with Crippen molar-refractivity contribution in [2.45, 2.75) is 31.7 Å². The monoisotopic (exact) mass is 322 g/mol. The molecule has 0 aromatic heterocycles. The molecule has 2 aromatic carbocycles. The number of fused-ring (bicyclic) bond motifs is 3. The van der Waals surface area contributed by atoms with E-state index in [1.807, 2.05) is 19.1 Å². The summed E-state index contributed by atoms with van der Waals surface area (Å²) in [5.41, 5.74) is 14.6. The van der Waals surface area contributed by atoms with E-state index >= 15 is 0 Å². The van der Waals surface area contributed by atoms with Gasteiger partial charge >= 0.3 is 0 Å². The van der Waals surface area contributed by atoms with Gasteiger partial charge in [0.15, 0.2) is 11.6 Å². The molecule has 0 saturated heterocycles. The van der Waals surface area contributed by atoms with Crippen molar-refractivity contribution < 1.29 is 4.74 Å². The number of nitrogens with two attached hydrogens (primary N) is 2. The molecule has 2 aliphatic heterocycles. The fourth-order valence-electron chi connectivity index (χ4n) is 3.89. The fraction of sp³-hybridized carbons (Fsp3) is 0.316. The smallest absolute Gasteiger partial charge is 0.187 e. The second-order valence-electron chi connectivity index (χ2n) is 6.63. The van der Waals surface area contributed by atoms with Gasteiger partial charge in [0.05, 0.1) is 0 Å². The summed E-state index contributed by atoms with van der Waals surface area (Å²) in [6.45, 7) is 3.59. The molecule has 0 fully saturated rings. The molecule has 2 unspecified atom stereocenters. The molecule has 2 atom stereocenters. The highest BCUT2D eigenvalue weighted by Gasteiger charge is 2.46. The van der Waals surface area contributed by atoms with Crippen LogP contribution in [0.1, 0.15) is 23.6 Å². The molecule has 5 nitrogen and oxygen atoms in total. The number of ether oxygens (including phenoxy) is 1. The summed E-state index contributed by atoms with van der Waals surface area (Å²) in [6.07, 6.45) is 0.776. The standard InChI is InChI=1S/C19H22N4O/c1-13(22-18(20)21)23-11-15-7-2-4-8-16(15)19(12-23)10-14-6-3-5-9-17(14)24-19/h2-9,13H,10-12H2,1H3,(H4,20,21,22). The van der Waals surface area contributed by atoms with Crippen molar-refractivity contribution in [3.8, 4) is 5.75 Å². The first-order chi connectivity index (χ1) is 11.6. The van der Waals surface area contributed by atoms with E-state index in [-0.39, 0.29) is 17.7 Å². The molecular weight excluding hydrogens is 300 g/mol. The summed E-state index contributed by atoms with van der Waals surface area (Å²) in [7, 11) is 0. The molecule has 0 aliphatic carbocycles. The van der Waals surface area contributed by atoms with Crippen molar-refractivity contribution in [2.75, 3.05) is 6.54 Å². The number of para-hydroxylation sites is 1. The highest BCUT2D eigenvalue weighted by atomic mass is 16.5. The first-order valence-electron chi connectivity index (χ1n) is 8.25. The molecule has 4 rings (SSSR count). The third kappa shape index (κ3) is 2.41. The maximum absolute atomic E-state index is 6.49. The normalized spacial score (nSPS) is 23.2. The zero-order valence-corrected chi connectivity index (χ0v) is 13.8. The van der Waals surface area contributed by atoms with Crippen molar-refractivity contribution in [3.63, 3.8) is 0 Å². The summed E-state index contributed by atoms with van der Waals surface area (Å²) >= 11 is 0. The second-order valence-corrected chi connectivity index (χ2v) is 6.63. The van der Waals surface area contributed by atoms with E-state index in [1.165, 1.54) is 16.7 Å². The molecule has 0 radical (unpaired) electrons. The molecule has 2 heterocycles. The quantitative estimate of drug-likeness (QED) is 0.654. The van der Waals surface area contributed by atoms with Crippen LogP contribution < -0.4 is 16.2 Å². The lowest BCUT2D eigenvalue weighted by Crippen LogP contribution is -2.51. The number of benzene rings is 2. The van der Waals surface area contributed by atoms with Gasteiger partial charge in [0.1, 0.15) is 11.9 Å². The number of guanidine groups is 1. The average molecular weight is 322 g/mol. The molecule has 0 saturated carbocycles. The first-order valence-corrected chi connectivity index (χ1v) is 8.25. The lowest BCUT2D eigenvalue weighted by atomic mass is 9.82. The van der Waals surface area contributed by atoms with Crippen LogP contribution in [0, 0.1) is 0 Å². The zero-order chi connectivity index (χ0) is 16.7. The number of nitrogens with zero attached hydrogens (tertiary/aromatic N) is 2. The molecule has 1 spiro atoms. The summed E-state index contributed by atoms with van der Waals surface area (Å²) < 4.78 is 6.49. The topological polar surface area (TPSA) is 76.9 Å². The predicted molar refractivity (Wildman–Crippen MR) is 94.6 cm³/mol. The minimum absolute atomic E-state index is 0.0902. The Morgan fingerprint density at radius 3 is 2.58 bits per heavy atom. The number of aliphatic imine (C=N–C) groups is 1. The van der Waals surface area contributed by atoms with Gasteiger partial charge in [0.25, 0.3) is 0 Å². The molecule has 24 heavy (non-hydrogen) atoms. The number of hydrogen-bond donors (Lipinski definition) is 2. The third-order valence-corrected chi connectivity index (χ3v) is 4.96. The lowest BCUT2D eigenvalue weighted by molar-refractivity contribution is 0.0116. The van der Waals surface area contributed by atoms with Crippen molar-refractivity contribution >= 4 is 5.96 Å². The summed E-state index contributed by atoms with van der Waals surface area (Å²) in [5.74, 6) is 1.09. The van der Waals surface area contributed by atoms with Crippen LogP contribution in [-0.2, 0) is 18.6 Å². The highest BCUT2D eigenvalue weighted by molar-refractivity contribution is 5.75. The van der Waals surface area contributed by atoms with E-state index in [4.69, 9.17) is 16.2 Å². The molecule has 0 bridgehead atoms. The summed E-state index contributed by atoms with van der Waals surface area (Å²) in [4.78, 5) is 6.59. The van der Waals surface area contributed by atoms with E-state index in [9.17, 15) is 0 Å². The van der Waals surface area contributed by atoms with Crippen LogP contribution in [0.15, 0.2) is 53.5 Å².